The number of aryl methyl sites for hydroxylation is 1. The van der Waals surface area contributed by atoms with Crippen molar-refractivity contribution < 1.29 is 22.8 Å². The minimum atomic E-state index is -4.45. The largest absolute Gasteiger partial charge is 0.416 e. The summed E-state index contributed by atoms with van der Waals surface area (Å²) in [6, 6.07) is 21.5. The summed E-state index contributed by atoms with van der Waals surface area (Å²) in [4.78, 5) is 31.9. The van der Waals surface area contributed by atoms with Gasteiger partial charge in [-0.15, -0.1) is 0 Å². The van der Waals surface area contributed by atoms with E-state index in [0.717, 1.165) is 23.3 Å². The van der Waals surface area contributed by atoms with Crippen LogP contribution >= 0.6 is 0 Å². The van der Waals surface area contributed by atoms with Gasteiger partial charge in [0.15, 0.2) is 0 Å². The summed E-state index contributed by atoms with van der Waals surface area (Å²) in [5.74, 6) is -0.892. The van der Waals surface area contributed by atoms with Crippen molar-refractivity contribution in [1.29, 1.82) is 0 Å². The van der Waals surface area contributed by atoms with Gasteiger partial charge in [0.25, 0.3) is 5.91 Å². The summed E-state index contributed by atoms with van der Waals surface area (Å²) in [7, 11) is 1.62. The van der Waals surface area contributed by atoms with Gasteiger partial charge in [-0.3, -0.25) is 9.59 Å². The van der Waals surface area contributed by atoms with Gasteiger partial charge in [0, 0.05) is 24.6 Å². The molecule has 1 heterocycles. The van der Waals surface area contributed by atoms with Crippen molar-refractivity contribution in [3.8, 4) is 0 Å². The van der Waals surface area contributed by atoms with Crippen LogP contribution in [0.5, 0.6) is 0 Å². The number of likely N-dealkylation sites (N-methyl/N-ethyl adjacent to an activating group) is 1. The highest BCUT2D eigenvalue weighted by Gasteiger charge is 2.32. The highest BCUT2D eigenvalue weighted by Crippen LogP contribution is 2.30. The van der Waals surface area contributed by atoms with Gasteiger partial charge in [0.2, 0.25) is 12.1 Å². The number of nitrogens with one attached hydrogen (secondary N) is 1. The fraction of sp³-hybridized carbons (Fsp3) is 0.192. The summed E-state index contributed by atoms with van der Waals surface area (Å²) in [6.45, 7) is 0. The van der Waals surface area contributed by atoms with Crippen LogP contribution in [0.4, 0.5) is 18.9 Å². The second-order valence-electron chi connectivity index (χ2n) is 7.93. The third-order valence-electron chi connectivity index (χ3n) is 5.58. The number of benzene rings is 3. The van der Waals surface area contributed by atoms with Crippen LogP contribution in [-0.2, 0) is 22.2 Å². The van der Waals surface area contributed by atoms with Crippen molar-refractivity contribution in [3.63, 3.8) is 0 Å². The molecule has 3 aromatic rings. The van der Waals surface area contributed by atoms with E-state index in [1.165, 1.54) is 17.0 Å². The number of nitrogens with zero attached hydrogens (tertiary/aromatic N) is 2. The van der Waals surface area contributed by atoms with E-state index in [1.807, 2.05) is 54.6 Å². The van der Waals surface area contributed by atoms with Crippen molar-refractivity contribution in [3.05, 3.63) is 101 Å². The zero-order valence-electron chi connectivity index (χ0n) is 18.3. The highest BCUT2D eigenvalue weighted by atomic mass is 19.4. The van der Waals surface area contributed by atoms with Crippen LogP contribution in [0.25, 0.3) is 0 Å². The number of fused-ring (bicyclic) bond motifs is 1. The lowest BCUT2D eigenvalue weighted by atomic mass is 10.0. The SMILES string of the molecule is CN1C(=O)C(NC(=O)CCc2cccc(C(F)(F)F)c2)N=C(c2ccccc2)c2ccccc21. The first kappa shape index (κ1) is 23.2. The molecule has 4 rings (SSSR count). The number of halogens is 3. The predicted octanol–water partition coefficient (Wildman–Crippen LogP) is 4.59. The first-order valence-corrected chi connectivity index (χ1v) is 10.7. The Balaban J connectivity index is 1.56. The van der Waals surface area contributed by atoms with Gasteiger partial charge in [-0.05, 0) is 24.1 Å². The van der Waals surface area contributed by atoms with E-state index >= 15 is 0 Å². The topological polar surface area (TPSA) is 61.8 Å². The fourth-order valence-electron chi connectivity index (χ4n) is 3.83. The Kier molecular flexibility index (Phi) is 6.49. The molecule has 1 aliphatic heterocycles. The van der Waals surface area contributed by atoms with Gasteiger partial charge in [-0.2, -0.15) is 13.2 Å². The molecule has 1 aliphatic rings. The lowest BCUT2D eigenvalue weighted by Gasteiger charge is -2.20. The number of alkyl halides is 3. The molecule has 3 aromatic carbocycles. The van der Waals surface area contributed by atoms with Crippen molar-refractivity contribution >= 4 is 23.2 Å². The van der Waals surface area contributed by atoms with E-state index in [4.69, 9.17) is 0 Å². The number of amides is 2. The quantitative estimate of drug-likeness (QED) is 0.599. The zero-order valence-corrected chi connectivity index (χ0v) is 18.3. The molecule has 5 nitrogen and oxygen atoms in total. The van der Waals surface area contributed by atoms with Gasteiger partial charge >= 0.3 is 6.18 Å². The molecule has 0 aromatic heterocycles. The van der Waals surface area contributed by atoms with Crippen LogP contribution in [-0.4, -0.2) is 30.7 Å². The Morgan fingerprint density at radius 1 is 1.00 bits per heavy atom. The maximum absolute atomic E-state index is 13.1. The molecule has 0 bridgehead atoms. The number of hydrogen-bond donors (Lipinski definition) is 1. The number of carbonyl (C=O) groups is 2. The maximum atomic E-state index is 13.1. The molecule has 0 saturated heterocycles. The van der Waals surface area contributed by atoms with Gasteiger partial charge in [-0.25, -0.2) is 4.99 Å². The molecule has 0 fully saturated rings. The van der Waals surface area contributed by atoms with E-state index in [0.29, 0.717) is 17.0 Å². The smallest absolute Gasteiger partial charge is 0.327 e. The van der Waals surface area contributed by atoms with E-state index in [1.54, 1.807) is 7.05 Å². The molecule has 0 saturated carbocycles. The number of para-hydroxylation sites is 1. The average Bonchev–Trinajstić information content (AvgIpc) is 2.94. The zero-order chi connectivity index (χ0) is 24.3. The predicted molar refractivity (Wildman–Crippen MR) is 124 cm³/mol. The van der Waals surface area contributed by atoms with E-state index in [2.05, 4.69) is 10.3 Å². The highest BCUT2D eigenvalue weighted by molar-refractivity contribution is 6.20. The van der Waals surface area contributed by atoms with Gasteiger partial charge in [0.05, 0.1) is 17.0 Å². The first-order chi connectivity index (χ1) is 16.2. The molecule has 174 valence electrons. The van der Waals surface area contributed by atoms with Crippen LogP contribution < -0.4 is 10.2 Å². The Bertz CT molecular complexity index is 1240. The van der Waals surface area contributed by atoms with Crippen LogP contribution in [0.2, 0.25) is 0 Å². The number of hydrogen-bond acceptors (Lipinski definition) is 3. The van der Waals surface area contributed by atoms with Crippen molar-refractivity contribution in [1.82, 2.24) is 5.32 Å². The Labute approximate surface area is 194 Å². The third kappa shape index (κ3) is 5.01. The molecule has 1 N–H and O–H groups in total. The molecule has 0 aliphatic carbocycles. The third-order valence-corrected chi connectivity index (χ3v) is 5.58. The van der Waals surface area contributed by atoms with Crippen LogP contribution in [0.15, 0.2) is 83.9 Å². The molecular weight excluding hydrogens is 443 g/mol. The summed E-state index contributed by atoms with van der Waals surface area (Å²) < 4.78 is 38.8. The second kappa shape index (κ2) is 9.51. The number of aliphatic imine (C=N–C) groups is 1. The Hall–Kier alpha value is -3.94. The number of benzodiazepines with no additional fused rings is 1. The minimum Gasteiger partial charge on any atom is -0.327 e. The molecule has 2 amide bonds. The molecule has 1 atom stereocenters. The summed E-state index contributed by atoms with van der Waals surface area (Å²) in [6.07, 6.45) is -5.60. The van der Waals surface area contributed by atoms with Crippen molar-refractivity contribution in [2.75, 3.05) is 11.9 Å². The summed E-state index contributed by atoms with van der Waals surface area (Å²) >= 11 is 0. The first-order valence-electron chi connectivity index (χ1n) is 10.7. The van der Waals surface area contributed by atoms with Crippen LogP contribution in [0, 0.1) is 0 Å². The lowest BCUT2D eigenvalue weighted by molar-refractivity contribution is -0.137. The standard InChI is InChI=1S/C26H22F3N3O2/c1-32-21-13-6-5-12-20(21)23(18-9-3-2-4-10-18)31-24(25(32)34)30-22(33)15-14-17-8-7-11-19(16-17)26(27,28)29/h2-13,16,24H,14-15H2,1H3,(H,30,33). The maximum Gasteiger partial charge on any atom is 0.416 e. The fourth-order valence-corrected chi connectivity index (χ4v) is 3.83. The average molecular weight is 465 g/mol. The summed E-state index contributed by atoms with van der Waals surface area (Å²) in [5.41, 5.74) is 2.40. The van der Waals surface area contributed by atoms with Crippen LogP contribution in [0.3, 0.4) is 0 Å². The molecule has 0 spiro atoms. The van der Waals surface area contributed by atoms with Crippen molar-refractivity contribution in [2.24, 2.45) is 4.99 Å². The molecular formula is C26H22F3N3O2. The second-order valence-corrected chi connectivity index (χ2v) is 7.93. The molecule has 8 heteroatoms. The van der Waals surface area contributed by atoms with E-state index < -0.39 is 29.7 Å². The Morgan fingerprint density at radius 2 is 1.71 bits per heavy atom. The van der Waals surface area contributed by atoms with Crippen molar-refractivity contribution in [2.45, 2.75) is 25.2 Å². The lowest BCUT2D eigenvalue weighted by Crippen LogP contribution is -2.46. The summed E-state index contributed by atoms with van der Waals surface area (Å²) in [5, 5.41) is 2.65. The molecule has 34 heavy (non-hydrogen) atoms. The van der Waals surface area contributed by atoms with E-state index in [-0.39, 0.29) is 12.8 Å². The molecule has 0 radical (unpaired) electrons. The normalized spacial score (nSPS) is 15.9. The van der Waals surface area contributed by atoms with E-state index in [9.17, 15) is 22.8 Å². The Morgan fingerprint density at radius 3 is 2.44 bits per heavy atom. The number of anilines is 1. The monoisotopic (exact) mass is 465 g/mol. The van der Waals surface area contributed by atoms with Gasteiger partial charge in [-0.1, -0.05) is 66.7 Å². The van der Waals surface area contributed by atoms with Gasteiger partial charge in [0.1, 0.15) is 0 Å². The van der Waals surface area contributed by atoms with Gasteiger partial charge < -0.3 is 10.2 Å². The van der Waals surface area contributed by atoms with Crippen LogP contribution in [0.1, 0.15) is 28.7 Å². The number of carbonyl (C=O) groups excluding carboxylic acids is 2. The number of rotatable bonds is 5. The molecule has 1 unspecified atom stereocenters. The minimum absolute atomic E-state index is 0.0854.